The molecule has 9 heteroatoms. The summed E-state index contributed by atoms with van der Waals surface area (Å²) < 4.78 is 44.3. The number of aromatic nitrogens is 2. The van der Waals surface area contributed by atoms with E-state index in [1.807, 2.05) is 6.92 Å². The van der Waals surface area contributed by atoms with Gasteiger partial charge in [0.05, 0.1) is 10.6 Å². The Kier molecular flexibility index (Phi) is 4.74. The molecule has 144 valence electrons. The minimum absolute atomic E-state index is 0.0898. The van der Waals surface area contributed by atoms with E-state index in [1.54, 1.807) is 42.5 Å². The molecule has 1 N–H and O–H groups in total. The van der Waals surface area contributed by atoms with E-state index in [-0.39, 0.29) is 4.90 Å². The number of sulfonamides is 1. The Bertz CT molecular complexity index is 1080. The smallest absolute Gasteiger partial charge is 0.262 e. The molecule has 0 aliphatic carbocycles. The number of nitrogens with zero attached hydrogens (tertiary/aromatic N) is 2. The summed E-state index contributed by atoms with van der Waals surface area (Å²) in [6.07, 6.45) is 0. The van der Waals surface area contributed by atoms with Crippen molar-refractivity contribution in [2.75, 3.05) is 17.9 Å². The van der Waals surface area contributed by atoms with E-state index in [9.17, 15) is 8.42 Å². The lowest BCUT2D eigenvalue weighted by Gasteiger charge is -2.19. The average Bonchev–Trinajstić information content (AvgIpc) is 2.70. The molecule has 3 aromatic rings. The molecule has 4 rings (SSSR count). The highest BCUT2D eigenvalue weighted by atomic mass is 32.2. The predicted molar refractivity (Wildman–Crippen MR) is 102 cm³/mol. The van der Waals surface area contributed by atoms with E-state index in [0.29, 0.717) is 42.0 Å². The van der Waals surface area contributed by atoms with Gasteiger partial charge in [-0.2, -0.15) is 5.10 Å². The molecule has 0 amide bonds. The Morgan fingerprint density at radius 1 is 0.929 bits per heavy atom. The molecule has 0 spiro atoms. The van der Waals surface area contributed by atoms with Crippen LogP contribution in [0.5, 0.6) is 23.1 Å². The van der Waals surface area contributed by atoms with Crippen molar-refractivity contribution in [2.45, 2.75) is 11.8 Å². The number of anilines is 1. The van der Waals surface area contributed by atoms with Gasteiger partial charge in [0, 0.05) is 17.8 Å². The zero-order valence-corrected chi connectivity index (χ0v) is 15.8. The summed E-state index contributed by atoms with van der Waals surface area (Å²) in [5.74, 6) is 1.82. The Labute approximate surface area is 162 Å². The second-order valence-electron chi connectivity index (χ2n) is 6.05. The van der Waals surface area contributed by atoms with Crippen molar-refractivity contribution < 1.29 is 22.6 Å². The number of rotatable bonds is 5. The molecular formula is C19H17N3O5S. The number of hydrogen-bond acceptors (Lipinski definition) is 7. The number of aryl methyl sites for hydroxylation is 1. The molecule has 0 bridgehead atoms. The second-order valence-corrected chi connectivity index (χ2v) is 7.73. The van der Waals surface area contributed by atoms with Gasteiger partial charge >= 0.3 is 0 Å². The highest BCUT2D eigenvalue weighted by molar-refractivity contribution is 7.92. The zero-order valence-electron chi connectivity index (χ0n) is 15.0. The van der Waals surface area contributed by atoms with Crippen LogP contribution in [0.2, 0.25) is 0 Å². The second kappa shape index (κ2) is 7.35. The van der Waals surface area contributed by atoms with Gasteiger partial charge in [0.1, 0.15) is 19.0 Å². The largest absolute Gasteiger partial charge is 0.486 e. The number of ether oxygens (including phenoxy) is 3. The van der Waals surface area contributed by atoms with Crippen molar-refractivity contribution in [2.24, 2.45) is 0 Å². The van der Waals surface area contributed by atoms with E-state index in [4.69, 9.17) is 14.2 Å². The molecule has 1 aliphatic heterocycles. The molecular weight excluding hydrogens is 382 g/mol. The fraction of sp³-hybridized carbons (Fsp3) is 0.158. The molecule has 2 aromatic carbocycles. The maximum atomic E-state index is 12.6. The fourth-order valence-corrected chi connectivity index (χ4v) is 3.63. The Hall–Kier alpha value is -3.33. The summed E-state index contributed by atoms with van der Waals surface area (Å²) in [5.41, 5.74) is 1.19. The summed E-state index contributed by atoms with van der Waals surface area (Å²) in [5, 5.41) is 7.84. The molecule has 0 saturated heterocycles. The molecule has 0 unspecified atom stereocenters. The monoisotopic (exact) mass is 399 g/mol. The lowest BCUT2D eigenvalue weighted by Crippen LogP contribution is -2.17. The van der Waals surface area contributed by atoms with Crippen molar-refractivity contribution in [3.8, 4) is 23.1 Å². The Morgan fingerprint density at radius 2 is 1.68 bits per heavy atom. The Balaban J connectivity index is 1.48. The van der Waals surface area contributed by atoms with Gasteiger partial charge in [0.25, 0.3) is 10.0 Å². The van der Waals surface area contributed by atoms with Gasteiger partial charge in [-0.3, -0.25) is 4.72 Å². The first-order valence-electron chi connectivity index (χ1n) is 8.50. The average molecular weight is 399 g/mol. The van der Waals surface area contributed by atoms with Gasteiger partial charge in [-0.1, -0.05) is 0 Å². The number of hydrogen-bond donors (Lipinski definition) is 1. The first-order chi connectivity index (χ1) is 13.5. The number of benzene rings is 2. The van der Waals surface area contributed by atoms with Crippen molar-refractivity contribution in [1.29, 1.82) is 0 Å². The van der Waals surface area contributed by atoms with E-state index in [1.165, 1.54) is 12.1 Å². The SMILES string of the molecule is Cc1ccc(Oc2ccc(NS(=O)(=O)c3ccc4c(c3)OCCO4)cc2)nn1. The minimum Gasteiger partial charge on any atom is -0.486 e. The molecule has 8 nitrogen and oxygen atoms in total. The van der Waals surface area contributed by atoms with E-state index in [0.717, 1.165) is 5.69 Å². The lowest BCUT2D eigenvalue weighted by molar-refractivity contribution is 0.171. The molecule has 1 aromatic heterocycles. The quantitative estimate of drug-likeness (QED) is 0.703. The van der Waals surface area contributed by atoms with Crippen LogP contribution in [0.15, 0.2) is 59.5 Å². The van der Waals surface area contributed by atoms with Gasteiger partial charge in [-0.05, 0) is 49.4 Å². The highest BCUT2D eigenvalue weighted by Crippen LogP contribution is 2.33. The molecule has 28 heavy (non-hydrogen) atoms. The molecule has 1 aliphatic rings. The van der Waals surface area contributed by atoms with Crippen LogP contribution in [-0.2, 0) is 10.0 Å². The number of nitrogens with one attached hydrogen (secondary N) is 1. The molecule has 0 saturated carbocycles. The fourth-order valence-electron chi connectivity index (χ4n) is 2.56. The lowest BCUT2D eigenvalue weighted by atomic mass is 10.3. The molecule has 2 heterocycles. The van der Waals surface area contributed by atoms with Crippen LogP contribution < -0.4 is 18.9 Å². The van der Waals surface area contributed by atoms with Crippen molar-refractivity contribution in [3.63, 3.8) is 0 Å². The summed E-state index contributed by atoms with van der Waals surface area (Å²) >= 11 is 0. The normalized spacial score (nSPS) is 13.0. The van der Waals surface area contributed by atoms with Crippen LogP contribution in [0.3, 0.4) is 0 Å². The van der Waals surface area contributed by atoms with Gasteiger partial charge in [-0.15, -0.1) is 5.10 Å². The van der Waals surface area contributed by atoms with Crippen LogP contribution in [-0.4, -0.2) is 31.8 Å². The van der Waals surface area contributed by atoms with Gasteiger partial charge in [-0.25, -0.2) is 8.42 Å². The van der Waals surface area contributed by atoms with Crippen LogP contribution in [0.1, 0.15) is 5.69 Å². The van der Waals surface area contributed by atoms with Crippen LogP contribution in [0.4, 0.5) is 5.69 Å². The van der Waals surface area contributed by atoms with E-state index < -0.39 is 10.0 Å². The molecule has 0 atom stereocenters. The maximum absolute atomic E-state index is 12.6. The first-order valence-corrected chi connectivity index (χ1v) is 9.99. The summed E-state index contributed by atoms with van der Waals surface area (Å²) in [4.78, 5) is 0.0898. The third-order valence-electron chi connectivity index (χ3n) is 3.93. The van der Waals surface area contributed by atoms with Crippen molar-refractivity contribution in [3.05, 3.63) is 60.3 Å². The summed E-state index contributed by atoms with van der Waals surface area (Å²) in [6.45, 7) is 2.66. The highest BCUT2D eigenvalue weighted by Gasteiger charge is 2.19. The van der Waals surface area contributed by atoms with Crippen molar-refractivity contribution >= 4 is 15.7 Å². The van der Waals surface area contributed by atoms with Crippen LogP contribution >= 0.6 is 0 Å². The van der Waals surface area contributed by atoms with Crippen LogP contribution in [0, 0.1) is 6.92 Å². The maximum Gasteiger partial charge on any atom is 0.262 e. The van der Waals surface area contributed by atoms with E-state index >= 15 is 0 Å². The first kappa shape index (κ1) is 18.1. The third kappa shape index (κ3) is 3.99. The standard InChI is InChI=1S/C19H17N3O5S/c1-13-2-9-19(21-20-13)27-15-5-3-14(4-6-15)22-28(23,24)16-7-8-17-18(12-16)26-11-10-25-17/h2-9,12,22H,10-11H2,1H3. The van der Waals surface area contributed by atoms with Gasteiger partial charge in [0.15, 0.2) is 11.5 Å². The summed E-state index contributed by atoms with van der Waals surface area (Å²) in [7, 11) is -3.77. The van der Waals surface area contributed by atoms with Gasteiger partial charge < -0.3 is 14.2 Å². The van der Waals surface area contributed by atoms with Crippen molar-refractivity contribution in [1.82, 2.24) is 10.2 Å². The topological polar surface area (TPSA) is 99.6 Å². The van der Waals surface area contributed by atoms with Crippen LogP contribution in [0.25, 0.3) is 0 Å². The van der Waals surface area contributed by atoms with Gasteiger partial charge in [0.2, 0.25) is 5.88 Å². The predicted octanol–water partition coefficient (Wildman–Crippen LogP) is 3.15. The molecule has 0 fully saturated rings. The van der Waals surface area contributed by atoms with E-state index in [2.05, 4.69) is 14.9 Å². The Morgan fingerprint density at radius 3 is 2.39 bits per heavy atom. The zero-order chi connectivity index (χ0) is 19.6. The minimum atomic E-state index is -3.77. The molecule has 0 radical (unpaired) electrons. The summed E-state index contributed by atoms with van der Waals surface area (Å²) in [6, 6.07) is 14.5. The number of fused-ring (bicyclic) bond motifs is 1. The third-order valence-corrected chi connectivity index (χ3v) is 5.31.